The van der Waals surface area contributed by atoms with Gasteiger partial charge in [-0.1, -0.05) is 34.1 Å². The maximum Gasteiger partial charge on any atom is 0.236 e. The van der Waals surface area contributed by atoms with Gasteiger partial charge < -0.3 is 4.90 Å². The highest BCUT2D eigenvalue weighted by atomic mass is 16.2. The lowest BCUT2D eigenvalue weighted by molar-refractivity contribution is -0.129. The number of hydrogen-bond acceptors (Lipinski definition) is 2. The van der Waals surface area contributed by atoms with Gasteiger partial charge in [-0.15, -0.1) is 0 Å². The average Bonchev–Trinajstić information content (AvgIpc) is 2.63. The highest BCUT2D eigenvalue weighted by Gasteiger charge is 2.30. The van der Waals surface area contributed by atoms with E-state index in [4.69, 9.17) is 5.26 Å². The Balaban J connectivity index is 0.000000921. The van der Waals surface area contributed by atoms with E-state index in [1.165, 1.54) is 0 Å². The molecular weight excluding hydrogens is 188 g/mol. The van der Waals surface area contributed by atoms with Gasteiger partial charge in [-0.3, -0.25) is 4.79 Å². The standard InChI is InChI=1S/C10H16N2O.C2H6/c1-3-9-7-12(6-8(9)2)10(13)4-5-11;1-2/h8-9H,3-4,6-7H2,1-2H3;1-2H3. The SMILES string of the molecule is CC.CCC1CN(C(=O)CC#N)CC1C. The number of nitriles is 1. The van der Waals surface area contributed by atoms with E-state index in [1.54, 1.807) is 0 Å². The van der Waals surface area contributed by atoms with Crippen molar-refractivity contribution in [2.24, 2.45) is 11.8 Å². The summed E-state index contributed by atoms with van der Waals surface area (Å²) in [4.78, 5) is 13.2. The van der Waals surface area contributed by atoms with Gasteiger partial charge in [-0.25, -0.2) is 0 Å². The highest BCUT2D eigenvalue weighted by molar-refractivity contribution is 5.78. The molecule has 3 heteroatoms. The van der Waals surface area contributed by atoms with Gasteiger partial charge in [0, 0.05) is 13.1 Å². The summed E-state index contributed by atoms with van der Waals surface area (Å²) in [6, 6.07) is 1.90. The van der Waals surface area contributed by atoms with Gasteiger partial charge in [0.2, 0.25) is 5.91 Å². The van der Waals surface area contributed by atoms with Crippen LogP contribution in [0.15, 0.2) is 0 Å². The van der Waals surface area contributed by atoms with Gasteiger partial charge in [-0.2, -0.15) is 5.26 Å². The predicted molar refractivity (Wildman–Crippen MR) is 61.1 cm³/mol. The number of carbonyl (C=O) groups is 1. The van der Waals surface area contributed by atoms with Crippen LogP contribution in [0.1, 0.15) is 40.5 Å². The molecule has 0 N–H and O–H groups in total. The summed E-state index contributed by atoms with van der Waals surface area (Å²) in [6.45, 7) is 10.0. The van der Waals surface area contributed by atoms with E-state index in [0.29, 0.717) is 11.8 Å². The Kier molecular flexibility index (Phi) is 6.77. The smallest absolute Gasteiger partial charge is 0.236 e. The molecule has 1 fully saturated rings. The zero-order valence-electron chi connectivity index (χ0n) is 10.3. The molecule has 0 aromatic carbocycles. The normalized spacial score (nSPS) is 24.1. The number of carbonyl (C=O) groups excluding carboxylic acids is 1. The first-order valence-corrected chi connectivity index (χ1v) is 5.83. The Labute approximate surface area is 93.1 Å². The van der Waals surface area contributed by atoms with E-state index < -0.39 is 0 Å². The Morgan fingerprint density at radius 2 is 2.07 bits per heavy atom. The van der Waals surface area contributed by atoms with Crippen molar-refractivity contribution < 1.29 is 4.79 Å². The quantitative estimate of drug-likeness (QED) is 0.702. The van der Waals surface area contributed by atoms with Crippen LogP contribution in [-0.2, 0) is 4.79 Å². The molecule has 1 heterocycles. The third kappa shape index (κ3) is 3.91. The van der Waals surface area contributed by atoms with Crippen molar-refractivity contribution in [1.29, 1.82) is 5.26 Å². The van der Waals surface area contributed by atoms with Crippen molar-refractivity contribution in [2.75, 3.05) is 13.1 Å². The van der Waals surface area contributed by atoms with Crippen LogP contribution < -0.4 is 0 Å². The van der Waals surface area contributed by atoms with Crippen LogP contribution in [0, 0.1) is 23.2 Å². The fraction of sp³-hybridized carbons (Fsp3) is 0.833. The molecule has 0 spiro atoms. The molecule has 0 bridgehead atoms. The molecule has 1 aliphatic rings. The molecule has 0 aliphatic carbocycles. The van der Waals surface area contributed by atoms with E-state index in [-0.39, 0.29) is 12.3 Å². The first-order chi connectivity index (χ1) is 7.19. The summed E-state index contributed by atoms with van der Waals surface area (Å²) in [5.74, 6) is 1.21. The summed E-state index contributed by atoms with van der Waals surface area (Å²) in [5.41, 5.74) is 0. The van der Waals surface area contributed by atoms with Crippen LogP contribution in [0.25, 0.3) is 0 Å². The monoisotopic (exact) mass is 210 g/mol. The van der Waals surface area contributed by atoms with Crippen LogP contribution >= 0.6 is 0 Å². The molecule has 86 valence electrons. The number of hydrogen-bond donors (Lipinski definition) is 0. The summed E-state index contributed by atoms with van der Waals surface area (Å²) in [6.07, 6.45) is 1.15. The molecule has 3 nitrogen and oxygen atoms in total. The van der Waals surface area contributed by atoms with Crippen LogP contribution in [0.4, 0.5) is 0 Å². The lowest BCUT2D eigenvalue weighted by Crippen LogP contribution is -2.28. The maximum absolute atomic E-state index is 11.4. The van der Waals surface area contributed by atoms with Crippen molar-refractivity contribution in [2.45, 2.75) is 40.5 Å². The second kappa shape index (κ2) is 7.28. The summed E-state index contributed by atoms with van der Waals surface area (Å²) >= 11 is 0. The number of amides is 1. The minimum Gasteiger partial charge on any atom is -0.341 e. The number of nitrogens with zero attached hydrogens (tertiary/aromatic N) is 2. The second-order valence-electron chi connectivity index (χ2n) is 3.78. The molecule has 0 saturated carbocycles. The first kappa shape index (κ1) is 14.0. The maximum atomic E-state index is 11.4. The first-order valence-electron chi connectivity index (χ1n) is 5.83. The van der Waals surface area contributed by atoms with Crippen LogP contribution in [0.3, 0.4) is 0 Å². The Bertz CT molecular complexity index is 232. The van der Waals surface area contributed by atoms with Crippen molar-refractivity contribution in [3.05, 3.63) is 0 Å². The third-order valence-electron chi connectivity index (χ3n) is 2.88. The average molecular weight is 210 g/mol. The molecule has 1 aliphatic heterocycles. The highest BCUT2D eigenvalue weighted by Crippen LogP contribution is 2.25. The molecule has 1 amide bonds. The van der Waals surface area contributed by atoms with Crippen LogP contribution in [0.2, 0.25) is 0 Å². The van der Waals surface area contributed by atoms with Gasteiger partial charge in [0.05, 0.1) is 6.07 Å². The van der Waals surface area contributed by atoms with Crippen molar-refractivity contribution in [3.8, 4) is 6.07 Å². The zero-order chi connectivity index (χ0) is 11.8. The summed E-state index contributed by atoms with van der Waals surface area (Å²) < 4.78 is 0. The Morgan fingerprint density at radius 3 is 2.47 bits per heavy atom. The molecule has 2 atom stereocenters. The van der Waals surface area contributed by atoms with E-state index in [9.17, 15) is 4.79 Å². The third-order valence-corrected chi connectivity index (χ3v) is 2.88. The molecule has 2 unspecified atom stereocenters. The lowest BCUT2D eigenvalue weighted by Gasteiger charge is -2.13. The molecule has 0 aromatic heterocycles. The summed E-state index contributed by atoms with van der Waals surface area (Å²) in [5, 5.41) is 8.39. The topological polar surface area (TPSA) is 44.1 Å². The van der Waals surface area contributed by atoms with Crippen molar-refractivity contribution in [3.63, 3.8) is 0 Å². The molecule has 0 aromatic rings. The molecule has 1 saturated heterocycles. The van der Waals surface area contributed by atoms with E-state index in [0.717, 1.165) is 19.5 Å². The Hall–Kier alpha value is -1.04. The molecule has 0 radical (unpaired) electrons. The number of rotatable bonds is 2. The van der Waals surface area contributed by atoms with E-state index >= 15 is 0 Å². The van der Waals surface area contributed by atoms with Crippen LogP contribution in [-0.4, -0.2) is 23.9 Å². The van der Waals surface area contributed by atoms with Gasteiger partial charge in [0.1, 0.15) is 6.42 Å². The van der Waals surface area contributed by atoms with E-state index in [1.807, 2.05) is 24.8 Å². The van der Waals surface area contributed by atoms with Crippen LogP contribution in [0.5, 0.6) is 0 Å². The predicted octanol–water partition coefficient (Wildman–Crippen LogP) is 2.43. The van der Waals surface area contributed by atoms with Gasteiger partial charge >= 0.3 is 0 Å². The van der Waals surface area contributed by atoms with Gasteiger partial charge in [0.25, 0.3) is 0 Å². The molecule has 15 heavy (non-hydrogen) atoms. The largest absolute Gasteiger partial charge is 0.341 e. The second-order valence-corrected chi connectivity index (χ2v) is 3.78. The van der Waals surface area contributed by atoms with Gasteiger partial charge in [0.15, 0.2) is 0 Å². The summed E-state index contributed by atoms with van der Waals surface area (Å²) in [7, 11) is 0. The lowest BCUT2D eigenvalue weighted by atomic mass is 9.96. The van der Waals surface area contributed by atoms with Gasteiger partial charge in [-0.05, 0) is 11.8 Å². The Morgan fingerprint density at radius 1 is 1.47 bits per heavy atom. The van der Waals surface area contributed by atoms with Crippen molar-refractivity contribution in [1.82, 2.24) is 4.90 Å². The fourth-order valence-corrected chi connectivity index (χ4v) is 1.95. The fourth-order valence-electron chi connectivity index (χ4n) is 1.95. The molecular formula is C12H22N2O. The minimum absolute atomic E-state index is 0.00898. The van der Waals surface area contributed by atoms with E-state index in [2.05, 4.69) is 13.8 Å². The zero-order valence-corrected chi connectivity index (χ0v) is 10.3. The molecule has 1 rings (SSSR count). The number of likely N-dealkylation sites (tertiary alicyclic amines) is 1. The van der Waals surface area contributed by atoms with Crippen molar-refractivity contribution >= 4 is 5.91 Å². The minimum atomic E-state index is -0.00898.